The fraction of sp³-hybridized carbons (Fsp3) is 0.267. The number of esters is 1. The van der Waals surface area contributed by atoms with Gasteiger partial charge >= 0.3 is 5.97 Å². The molecule has 0 radical (unpaired) electrons. The van der Waals surface area contributed by atoms with Crippen LogP contribution in [0.4, 0.5) is 0 Å². The SMILES string of the molecule is CCOC(=O)/C(C(N)=O)=C1/OC(c2ccc(OC)cc2)=NN1C. The molecule has 8 heteroatoms. The van der Waals surface area contributed by atoms with Crippen molar-refractivity contribution in [1.82, 2.24) is 5.01 Å². The van der Waals surface area contributed by atoms with Crippen LogP contribution in [0.2, 0.25) is 0 Å². The molecule has 1 amide bonds. The summed E-state index contributed by atoms with van der Waals surface area (Å²) in [7, 11) is 3.10. The molecule has 2 N–H and O–H groups in total. The standard InChI is InChI=1S/C15H17N3O5/c1-4-22-15(20)11(12(16)19)14-18(2)17-13(23-14)9-5-7-10(21-3)8-6-9/h5-8H,4H2,1-3H3,(H2,16,19)/b14-11+. The van der Waals surface area contributed by atoms with Crippen LogP contribution in [0, 0.1) is 0 Å². The molecular weight excluding hydrogens is 302 g/mol. The lowest BCUT2D eigenvalue weighted by atomic mass is 10.2. The first kappa shape index (κ1) is 16.3. The van der Waals surface area contributed by atoms with Crippen molar-refractivity contribution in [1.29, 1.82) is 0 Å². The molecule has 0 spiro atoms. The van der Waals surface area contributed by atoms with Crippen LogP contribution in [0.5, 0.6) is 5.75 Å². The van der Waals surface area contributed by atoms with Gasteiger partial charge in [0.1, 0.15) is 5.75 Å². The second-order valence-corrected chi connectivity index (χ2v) is 4.52. The van der Waals surface area contributed by atoms with Gasteiger partial charge < -0.3 is 19.9 Å². The van der Waals surface area contributed by atoms with Gasteiger partial charge in [-0.1, -0.05) is 0 Å². The molecule has 0 aliphatic carbocycles. The van der Waals surface area contributed by atoms with Crippen molar-refractivity contribution >= 4 is 17.8 Å². The Morgan fingerprint density at radius 2 is 1.96 bits per heavy atom. The van der Waals surface area contributed by atoms with Gasteiger partial charge in [-0.3, -0.25) is 4.79 Å². The number of carbonyl (C=O) groups excluding carboxylic acids is 2. The normalized spacial score (nSPS) is 15.6. The number of hydrogen-bond acceptors (Lipinski definition) is 7. The first-order chi connectivity index (χ1) is 11.0. The number of benzene rings is 1. The van der Waals surface area contributed by atoms with Gasteiger partial charge in [-0.25, -0.2) is 9.80 Å². The quantitative estimate of drug-likeness (QED) is 0.368. The minimum atomic E-state index is -0.948. The Hall–Kier alpha value is -3.03. The summed E-state index contributed by atoms with van der Waals surface area (Å²) < 4.78 is 15.4. The van der Waals surface area contributed by atoms with E-state index in [1.54, 1.807) is 38.3 Å². The second kappa shape index (κ2) is 6.82. The summed E-state index contributed by atoms with van der Waals surface area (Å²) in [5, 5.41) is 5.42. The summed E-state index contributed by atoms with van der Waals surface area (Å²) in [6, 6.07) is 6.96. The van der Waals surface area contributed by atoms with E-state index < -0.39 is 11.9 Å². The van der Waals surface area contributed by atoms with Crippen LogP contribution < -0.4 is 10.5 Å². The zero-order valence-electron chi connectivity index (χ0n) is 13.0. The van der Waals surface area contributed by atoms with Gasteiger partial charge in [0.25, 0.3) is 5.91 Å². The molecule has 8 nitrogen and oxygen atoms in total. The lowest BCUT2D eigenvalue weighted by Crippen LogP contribution is -2.27. The third-order valence-electron chi connectivity index (χ3n) is 3.00. The summed E-state index contributed by atoms with van der Waals surface area (Å²) in [4.78, 5) is 23.5. The third-order valence-corrected chi connectivity index (χ3v) is 3.00. The molecule has 1 aromatic carbocycles. The van der Waals surface area contributed by atoms with Gasteiger partial charge in [0.15, 0.2) is 5.57 Å². The van der Waals surface area contributed by atoms with Gasteiger partial charge in [0.2, 0.25) is 11.8 Å². The average Bonchev–Trinajstić information content (AvgIpc) is 2.89. The zero-order valence-corrected chi connectivity index (χ0v) is 13.0. The predicted octanol–water partition coefficient (Wildman–Crippen LogP) is 0.579. The molecule has 1 aromatic rings. The Morgan fingerprint density at radius 3 is 2.48 bits per heavy atom. The van der Waals surface area contributed by atoms with Gasteiger partial charge in [-0.05, 0) is 31.2 Å². The number of carbonyl (C=O) groups is 2. The number of methoxy groups -OCH3 is 1. The van der Waals surface area contributed by atoms with Crippen molar-refractivity contribution in [2.75, 3.05) is 20.8 Å². The summed E-state index contributed by atoms with van der Waals surface area (Å²) in [5.41, 5.74) is 5.53. The number of nitrogens with zero attached hydrogens (tertiary/aromatic N) is 2. The van der Waals surface area contributed by atoms with Gasteiger partial charge in [-0.15, -0.1) is 5.10 Å². The van der Waals surface area contributed by atoms with Crippen molar-refractivity contribution in [3.63, 3.8) is 0 Å². The summed E-state index contributed by atoms with van der Waals surface area (Å²) in [5.74, 6) is -0.958. The topological polar surface area (TPSA) is 103 Å². The minimum Gasteiger partial charge on any atom is -0.497 e. The van der Waals surface area contributed by atoms with Crippen molar-refractivity contribution in [3.05, 3.63) is 41.3 Å². The van der Waals surface area contributed by atoms with E-state index in [-0.39, 0.29) is 24.0 Å². The number of ether oxygens (including phenoxy) is 3. The summed E-state index contributed by atoms with van der Waals surface area (Å²) in [6.45, 7) is 1.73. The van der Waals surface area contributed by atoms with E-state index in [0.29, 0.717) is 11.3 Å². The van der Waals surface area contributed by atoms with Gasteiger partial charge in [0.05, 0.1) is 13.7 Å². The molecule has 23 heavy (non-hydrogen) atoms. The third kappa shape index (κ3) is 3.42. The second-order valence-electron chi connectivity index (χ2n) is 4.52. The highest BCUT2D eigenvalue weighted by Crippen LogP contribution is 2.23. The molecule has 0 unspecified atom stereocenters. The highest BCUT2D eigenvalue weighted by molar-refractivity contribution is 6.16. The molecule has 0 bridgehead atoms. The largest absolute Gasteiger partial charge is 0.497 e. The predicted molar refractivity (Wildman–Crippen MR) is 81.2 cm³/mol. The van der Waals surface area contributed by atoms with E-state index in [2.05, 4.69) is 5.10 Å². The van der Waals surface area contributed by atoms with E-state index in [4.69, 9.17) is 19.9 Å². The number of nitrogens with two attached hydrogens (primary N) is 1. The average molecular weight is 319 g/mol. The molecular formula is C15H17N3O5. The molecule has 0 atom stereocenters. The number of amides is 1. The Morgan fingerprint density at radius 1 is 1.30 bits per heavy atom. The van der Waals surface area contributed by atoms with Crippen LogP contribution in [-0.2, 0) is 19.1 Å². The van der Waals surface area contributed by atoms with E-state index in [0.717, 1.165) is 0 Å². The van der Waals surface area contributed by atoms with Crippen LogP contribution in [0.3, 0.4) is 0 Å². The Balaban J connectivity index is 2.32. The lowest BCUT2D eigenvalue weighted by Gasteiger charge is -2.11. The van der Waals surface area contributed by atoms with Crippen molar-refractivity contribution in [3.8, 4) is 5.75 Å². The Labute approximate surface area is 133 Å². The van der Waals surface area contributed by atoms with Crippen LogP contribution in [-0.4, -0.2) is 43.5 Å². The molecule has 2 rings (SSSR count). The maximum Gasteiger partial charge on any atom is 0.349 e. The summed E-state index contributed by atoms with van der Waals surface area (Å²) >= 11 is 0. The molecule has 0 aromatic heterocycles. The van der Waals surface area contributed by atoms with Gasteiger partial charge in [-0.2, -0.15) is 0 Å². The van der Waals surface area contributed by atoms with Crippen molar-refractivity contribution in [2.45, 2.75) is 6.92 Å². The fourth-order valence-corrected chi connectivity index (χ4v) is 1.92. The zero-order chi connectivity index (χ0) is 17.0. The van der Waals surface area contributed by atoms with Crippen LogP contribution in [0.15, 0.2) is 40.8 Å². The molecule has 0 fully saturated rings. The summed E-state index contributed by atoms with van der Waals surface area (Å²) in [6.07, 6.45) is 0. The first-order valence-electron chi connectivity index (χ1n) is 6.83. The lowest BCUT2D eigenvalue weighted by molar-refractivity contribution is -0.140. The molecule has 1 heterocycles. The Kier molecular flexibility index (Phi) is 4.85. The molecule has 1 aliphatic rings. The van der Waals surface area contributed by atoms with Crippen molar-refractivity contribution < 1.29 is 23.8 Å². The van der Waals surface area contributed by atoms with Crippen molar-refractivity contribution in [2.24, 2.45) is 10.8 Å². The first-order valence-corrected chi connectivity index (χ1v) is 6.83. The fourth-order valence-electron chi connectivity index (χ4n) is 1.92. The number of rotatable bonds is 5. The van der Waals surface area contributed by atoms with Crippen LogP contribution in [0.1, 0.15) is 12.5 Å². The monoisotopic (exact) mass is 319 g/mol. The Bertz CT molecular complexity index is 679. The smallest absolute Gasteiger partial charge is 0.349 e. The van der Waals surface area contributed by atoms with Crippen LogP contribution in [0.25, 0.3) is 0 Å². The highest BCUT2D eigenvalue weighted by atomic mass is 16.5. The maximum absolute atomic E-state index is 11.9. The molecule has 0 saturated heterocycles. The van der Waals surface area contributed by atoms with Crippen LogP contribution >= 0.6 is 0 Å². The minimum absolute atomic E-state index is 0.0678. The molecule has 0 saturated carbocycles. The molecule has 122 valence electrons. The van der Waals surface area contributed by atoms with Gasteiger partial charge in [0, 0.05) is 12.6 Å². The number of primary amides is 1. The number of hydrogen-bond donors (Lipinski definition) is 1. The molecule has 1 aliphatic heterocycles. The van der Waals surface area contributed by atoms with E-state index in [1.165, 1.54) is 12.1 Å². The maximum atomic E-state index is 11.9. The van der Waals surface area contributed by atoms with E-state index in [9.17, 15) is 9.59 Å². The number of hydrazone groups is 1. The highest BCUT2D eigenvalue weighted by Gasteiger charge is 2.32. The van der Waals surface area contributed by atoms with E-state index >= 15 is 0 Å². The van der Waals surface area contributed by atoms with E-state index in [1.807, 2.05) is 0 Å².